The number of hydrogen-bond acceptors (Lipinski definition) is 8. The fourth-order valence-corrected chi connectivity index (χ4v) is 9.01. The lowest BCUT2D eigenvalue weighted by Crippen LogP contribution is -2.60. The van der Waals surface area contributed by atoms with E-state index in [1.807, 2.05) is 32.9 Å². The van der Waals surface area contributed by atoms with Gasteiger partial charge in [0.1, 0.15) is 23.7 Å². The number of benzene rings is 1. The van der Waals surface area contributed by atoms with Crippen LogP contribution in [0, 0.1) is 11.3 Å². The van der Waals surface area contributed by atoms with Gasteiger partial charge in [-0.1, -0.05) is 64.3 Å². The van der Waals surface area contributed by atoms with Gasteiger partial charge in [-0.2, -0.15) is 0 Å². The van der Waals surface area contributed by atoms with Gasteiger partial charge in [-0.15, -0.1) is 6.58 Å². The van der Waals surface area contributed by atoms with Crippen molar-refractivity contribution in [2.75, 3.05) is 6.54 Å². The van der Waals surface area contributed by atoms with E-state index in [0.29, 0.717) is 32.4 Å². The molecule has 0 unspecified atom stereocenters. The number of fused-ring (bicyclic) bond motifs is 3. The molecule has 3 N–H and O–H groups in total. The Morgan fingerprint density at radius 2 is 1.71 bits per heavy atom. The standard InChI is InChI=1S/C37H51N5O8S/c1-5-25-19-37(25,34(46)40-51(48,49)27-16-17-27)39-32(44)29-18-26-21-42(29)33(45)31(36(2,3)4)38-30(43)15-10-8-6-7-9-12-23-13-11-14-24-20-41(22-28(23)24)35(47)50-26/h5,11,13-14,25-27,29,31H,1,6-10,12,15-22H2,2-4H3,(H,38,43)(H,39,44)(H,40,46)/t25-,26-,29+,31-,37-/m1/s1. The van der Waals surface area contributed by atoms with Crippen LogP contribution in [0.3, 0.4) is 0 Å². The number of ether oxygens (including phenoxy) is 1. The first-order chi connectivity index (χ1) is 24.1. The van der Waals surface area contributed by atoms with Crippen molar-refractivity contribution in [1.82, 2.24) is 25.2 Å². The minimum atomic E-state index is -3.89. The predicted octanol–water partition coefficient (Wildman–Crippen LogP) is 3.21. The maximum atomic E-state index is 14.4. The van der Waals surface area contributed by atoms with E-state index in [1.54, 1.807) is 4.90 Å². The predicted molar refractivity (Wildman–Crippen MR) is 188 cm³/mol. The number of rotatable bonds is 6. The van der Waals surface area contributed by atoms with E-state index in [9.17, 15) is 32.4 Å². The third kappa shape index (κ3) is 7.95. The lowest BCUT2D eigenvalue weighted by molar-refractivity contribution is -0.144. The van der Waals surface area contributed by atoms with Crippen molar-refractivity contribution >= 4 is 39.7 Å². The molecule has 5 amide bonds. The quantitative estimate of drug-likeness (QED) is 0.376. The second kappa shape index (κ2) is 14.2. The maximum Gasteiger partial charge on any atom is 0.410 e. The van der Waals surface area contributed by atoms with Crippen LogP contribution in [0.15, 0.2) is 30.9 Å². The average Bonchev–Trinajstić information content (AvgIpc) is 3.96. The smallest absolute Gasteiger partial charge is 0.410 e. The number of sulfonamides is 1. The molecule has 0 spiro atoms. The Morgan fingerprint density at radius 3 is 2.37 bits per heavy atom. The molecule has 51 heavy (non-hydrogen) atoms. The van der Waals surface area contributed by atoms with Crippen LogP contribution in [-0.2, 0) is 53.4 Å². The van der Waals surface area contributed by atoms with E-state index in [2.05, 4.69) is 28.0 Å². The summed E-state index contributed by atoms with van der Waals surface area (Å²) < 4.78 is 33.4. The van der Waals surface area contributed by atoms with Crippen LogP contribution in [0.4, 0.5) is 4.79 Å². The van der Waals surface area contributed by atoms with Crippen LogP contribution in [0.5, 0.6) is 0 Å². The average molecular weight is 726 g/mol. The summed E-state index contributed by atoms with van der Waals surface area (Å²) in [5.41, 5.74) is 1.12. The zero-order valence-electron chi connectivity index (χ0n) is 29.9. The number of nitrogens with one attached hydrogen (secondary N) is 3. The second-order valence-corrected chi connectivity index (χ2v) is 17.9. The van der Waals surface area contributed by atoms with Gasteiger partial charge >= 0.3 is 6.09 Å². The molecule has 3 fully saturated rings. The van der Waals surface area contributed by atoms with Gasteiger partial charge in [-0.05, 0) is 60.6 Å². The molecule has 1 aromatic rings. The fourth-order valence-electron chi connectivity index (χ4n) is 7.64. The first kappa shape index (κ1) is 36.8. The Hall–Kier alpha value is -3.94. The Morgan fingerprint density at radius 1 is 1.02 bits per heavy atom. The SMILES string of the molecule is C=C[C@@H]1C[C@]1(NC(=O)[C@@H]1C[C@@H]2CN1C(=O)[C@H](C(C)(C)C)NC(=O)CCCCCCCc1cccc3c1CN(C3)C(=O)O2)C(=O)NS(=O)(=O)C1CC1. The first-order valence-corrected chi connectivity index (χ1v) is 19.8. The van der Waals surface area contributed by atoms with Crippen LogP contribution in [0.25, 0.3) is 0 Å². The number of nitrogens with zero attached hydrogens (tertiary/aromatic N) is 2. The number of amides is 5. The Labute approximate surface area is 300 Å². The molecule has 0 radical (unpaired) electrons. The summed E-state index contributed by atoms with van der Waals surface area (Å²) in [5, 5.41) is 5.05. The summed E-state index contributed by atoms with van der Waals surface area (Å²) in [6, 6.07) is 3.98. The summed E-state index contributed by atoms with van der Waals surface area (Å²) >= 11 is 0. The molecule has 6 rings (SSSR count). The highest BCUT2D eigenvalue weighted by molar-refractivity contribution is 7.91. The number of aryl methyl sites for hydroxylation is 1. The van der Waals surface area contributed by atoms with Crippen molar-refractivity contribution < 1.29 is 37.1 Å². The van der Waals surface area contributed by atoms with Gasteiger partial charge in [0.05, 0.1) is 11.8 Å². The van der Waals surface area contributed by atoms with Gasteiger partial charge in [0.2, 0.25) is 27.7 Å². The number of hydrogen-bond donors (Lipinski definition) is 3. The van der Waals surface area contributed by atoms with Crippen LogP contribution in [0.1, 0.15) is 102 Å². The molecule has 278 valence electrons. The third-order valence-electron chi connectivity index (χ3n) is 11.0. The monoisotopic (exact) mass is 725 g/mol. The minimum absolute atomic E-state index is 0.0447. The number of carbonyl (C=O) groups is 5. The minimum Gasteiger partial charge on any atom is -0.444 e. The van der Waals surface area contributed by atoms with E-state index in [0.717, 1.165) is 43.2 Å². The van der Waals surface area contributed by atoms with Gasteiger partial charge in [0.25, 0.3) is 5.91 Å². The molecule has 5 atom stereocenters. The molecule has 0 aromatic heterocycles. The summed E-state index contributed by atoms with van der Waals surface area (Å²) in [4.78, 5) is 71.7. The lowest BCUT2D eigenvalue weighted by Gasteiger charge is -2.35. The van der Waals surface area contributed by atoms with Crippen molar-refractivity contribution in [3.05, 3.63) is 47.5 Å². The Bertz CT molecular complexity index is 1700. The second-order valence-electron chi connectivity index (χ2n) is 16.0. The molecule has 2 aliphatic carbocycles. The van der Waals surface area contributed by atoms with Gasteiger partial charge in [-0.25, -0.2) is 13.2 Å². The van der Waals surface area contributed by atoms with Gasteiger partial charge < -0.3 is 20.3 Å². The van der Waals surface area contributed by atoms with Crippen molar-refractivity contribution in [1.29, 1.82) is 0 Å². The van der Waals surface area contributed by atoms with E-state index in [-0.39, 0.29) is 31.7 Å². The highest BCUT2D eigenvalue weighted by Crippen LogP contribution is 2.45. The zero-order valence-corrected chi connectivity index (χ0v) is 30.7. The largest absolute Gasteiger partial charge is 0.444 e. The molecule has 3 aliphatic heterocycles. The molecule has 3 heterocycles. The highest BCUT2D eigenvalue weighted by atomic mass is 32.2. The lowest BCUT2D eigenvalue weighted by atomic mass is 9.85. The van der Waals surface area contributed by atoms with Gasteiger partial charge in [0, 0.05) is 31.8 Å². The van der Waals surface area contributed by atoms with Crippen LogP contribution in [-0.4, -0.2) is 83.5 Å². The molecule has 13 nitrogen and oxygen atoms in total. The highest BCUT2D eigenvalue weighted by Gasteiger charge is 2.62. The van der Waals surface area contributed by atoms with E-state index in [4.69, 9.17) is 4.74 Å². The van der Waals surface area contributed by atoms with Crippen molar-refractivity contribution in [2.24, 2.45) is 11.3 Å². The Kier molecular flexibility index (Phi) is 10.3. The molecular weight excluding hydrogens is 675 g/mol. The molecule has 1 saturated heterocycles. The zero-order chi connectivity index (χ0) is 36.7. The topological polar surface area (TPSA) is 171 Å². The van der Waals surface area contributed by atoms with Crippen LogP contribution < -0.4 is 15.4 Å². The Balaban J connectivity index is 1.26. The van der Waals surface area contributed by atoms with Crippen molar-refractivity contribution in [2.45, 2.75) is 133 Å². The van der Waals surface area contributed by atoms with Crippen LogP contribution in [0.2, 0.25) is 0 Å². The summed E-state index contributed by atoms with van der Waals surface area (Å²) in [7, 11) is -3.89. The van der Waals surface area contributed by atoms with E-state index >= 15 is 0 Å². The molecule has 4 bridgehead atoms. The molecule has 1 aromatic carbocycles. The maximum absolute atomic E-state index is 14.4. The van der Waals surface area contributed by atoms with Crippen molar-refractivity contribution in [3.8, 4) is 0 Å². The number of carbonyl (C=O) groups excluding carboxylic acids is 5. The van der Waals surface area contributed by atoms with Crippen LogP contribution >= 0.6 is 0 Å². The molecule has 2 saturated carbocycles. The van der Waals surface area contributed by atoms with Gasteiger partial charge in [-0.3, -0.25) is 28.8 Å². The van der Waals surface area contributed by atoms with Crippen molar-refractivity contribution in [3.63, 3.8) is 0 Å². The van der Waals surface area contributed by atoms with Gasteiger partial charge in [0.15, 0.2) is 0 Å². The molecule has 14 heteroatoms. The van der Waals surface area contributed by atoms with E-state index < -0.39 is 74.1 Å². The molecular formula is C37H51N5O8S. The molecule has 5 aliphatic rings. The summed E-state index contributed by atoms with van der Waals surface area (Å²) in [6.45, 7) is 9.95. The first-order valence-electron chi connectivity index (χ1n) is 18.3. The third-order valence-corrected chi connectivity index (χ3v) is 12.8. The fraction of sp³-hybridized carbons (Fsp3) is 0.649. The van der Waals surface area contributed by atoms with E-state index in [1.165, 1.54) is 16.5 Å². The summed E-state index contributed by atoms with van der Waals surface area (Å²) in [5.74, 6) is -2.81. The normalized spacial score (nSPS) is 29.1. The summed E-state index contributed by atoms with van der Waals surface area (Å²) in [6.07, 6.45) is 6.84.